The predicted molar refractivity (Wildman–Crippen MR) is 157 cm³/mol. The number of aliphatic hydroxyl groups excluding tert-OH is 1. The molecule has 1 atom stereocenters. The number of Topliss-reactive ketones (excluding diaryl/α,β-unsaturated/α-hetero) is 1. The summed E-state index contributed by atoms with van der Waals surface area (Å²) in [6.45, 7) is 6.68. The molecule has 0 radical (unpaired) electrons. The van der Waals surface area contributed by atoms with Crippen molar-refractivity contribution in [1.82, 2.24) is 9.88 Å². The maximum atomic E-state index is 13.5. The number of ketones is 1. The Balaban J connectivity index is 1.58. The van der Waals surface area contributed by atoms with Gasteiger partial charge >= 0.3 is 0 Å². The van der Waals surface area contributed by atoms with E-state index in [1.807, 2.05) is 49.4 Å². The number of pyridine rings is 1. The normalized spacial score (nSPS) is 16.3. The second kappa shape index (κ2) is 12.1. The molecule has 1 unspecified atom stereocenters. The molecule has 1 fully saturated rings. The van der Waals surface area contributed by atoms with Gasteiger partial charge in [-0.1, -0.05) is 50.2 Å². The number of ether oxygens (including phenoxy) is 2. The van der Waals surface area contributed by atoms with Crippen LogP contribution in [0.2, 0.25) is 0 Å². The maximum absolute atomic E-state index is 13.5. The average molecular weight is 549 g/mol. The number of nitrogens with zero attached hydrogens (tertiary/aromatic N) is 2. The average Bonchev–Trinajstić information content (AvgIpc) is 3.22. The molecule has 0 saturated carbocycles. The molecule has 7 heteroatoms. The van der Waals surface area contributed by atoms with Crippen molar-refractivity contribution in [2.24, 2.45) is 5.92 Å². The largest absolute Gasteiger partial charge is 0.507 e. The van der Waals surface area contributed by atoms with Crippen molar-refractivity contribution in [3.8, 4) is 17.2 Å². The maximum Gasteiger partial charge on any atom is 0.296 e. The Labute approximate surface area is 239 Å². The Morgan fingerprint density at radius 1 is 0.927 bits per heavy atom. The molecule has 7 nitrogen and oxygen atoms in total. The fourth-order valence-corrected chi connectivity index (χ4v) is 4.80. The van der Waals surface area contributed by atoms with Gasteiger partial charge in [-0.3, -0.25) is 14.6 Å². The molecule has 3 aromatic carbocycles. The van der Waals surface area contributed by atoms with Crippen molar-refractivity contribution in [2.75, 3.05) is 6.61 Å². The highest BCUT2D eigenvalue weighted by molar-refractivity contribution is 6.46. The van der Waals surface area contributed by atoms with Crippen molar-refractivity contribution in [3.05, 3.63) is 125 Å². The smallest absolute Gasteiger partial charge is 0.296 e. The lowest BCUT2D eigenvalue weighted by molar-refractivity contribution is -0.140. The standard InChI is InChI=1S/C34H32N2O5/c1-22(2)21-40-29-16-15-25(18-23(29)3)32(37)30-31(36(34(39)33(30)38)20-26-11-7-8-17-35-26)24-10-9-14-28(19-24)41-27-12-5-4-6-13-27/h4-19,22,31,37H,20-21H2,1-3H3/b32-30+. The summed E-state index contributed by atoms with van der Waals surface area (Å²) >= 11 is 0. The van der Waals surface area contributed by atoms with Crippen LogP contribution in [0.15, 0.2) is 103 Å². The van der Waals surface area contributed by atoms with Gasteiger partial charge in [-0.15, -0.1) is 0 Å². The minimum absolute atomic E-state index is 0.0121. The molecule has 5 rings (SSSR count). The highest BCUT2D eigenvalue weighted by Gasteiger charge is 2.46. The van der Waals surface area contributed by atoms with Gasteiger partial charge in [0.2, 0.25) is 0 Å². The zero-order valence-electron chi connectivity index (χ0n) is 23.3. The minimum atomic E-state index is -0.853. The summed E-state index contributed by atoms with van der Waals surface area (Å²) in [6.07, 6.45) is 1.64. The van der Waals surface area contributed by atoms with Crippen LogP contribution in [0.3, 0.4) is 0 Å². The van der Waals surface area contributed by atoms with E-state index in [2.05, 4.69) is 18.8 Å². The van der Waals surface area contributed by atoms with Crippen molar-refractivity contribution in [1.29, 1.82) is 0 Å². The van der Waals surface area contributed by atoms with Crippen LogP contribution in [0.1, 0.15) is 42.3 Å². The highest BCUT2D eigenvalue weighted by atomic mass is 16.5. The molecule has 4 aromatic rings. The Bertz CT molecular complexity index is 1580. The summed E-state index contributed by atoms with van der Waals surface area (Å²) in [5.41, 5.74) is 2.50. The number of carbonyl (C=O) groups is 2. The topological polar surface area (TPSA) is 89.0 Å². The molecule has 208 valence electrons. The highest BCUT2D eigenvalue weighted by Crippen LogP contribution is 2.41. The van der Waals surface area contributed by atoms with Crippen molar-refractivity contribution < 1.29 is 24.2 Å². The Hall–Kier alpha value is -4.91. The number of aromatic nitrogens is 1. The van der Waals surface area contributed by atoms with Crippen LogP contribution in [0.4, 0.5) is 0 Å². The summed E-state index contributed by atoms with van der Waals surface area (Å²) in [7, 11) is 0. The first-order chi connectivity index (χ1) is 19.8. The molecule has 1 saturated heterocycles. The number of hydrogen-bond donors (Lipinski definition) is 1. The molecule has 1 amide bonds. The van der Waals surface area contributed by atoms with Crippen molar-refractivity contribution in [2.45, 2.75) is 33.4 Å². The van der Waals surface area contributed by atoms with Crippen LogP contribution in [-0.4, -0.2) is 33.3 Å². The lowest BCUT2D eigenvalue weighted by atomic mass is 9.94. The van der Waals surface area contributed by atoms with Crippen LogP contribution in [0, 0.1) is 12.8 Å². The minimum Gasteiger partial charge on any atom is -0.507 e. The summed E-state index contributed by atoms with van der Waals surface area (Å²) in [5, 5.41) is 11.6. The van der Waals surface area contributed by atoms with Gasteiger partial charge in [0, 0.05) is 11.8 Å². The SMILES string of the molecule is Cc1cc(/C(O)=C2\C(=O)C(=O)N(Cc3ccccn3)C2c2cccc(Oc3ccccc3)c2)ccc1OCC(C)C. The third-order valence-electron chi connectivity index (χ3n) is 6.77. The van der Waals surface area contributed by atoms with Crippen molar-refractivity contribution >= 4 is 17.4 Å². The molecule has 2 heterocycles. The van der Waals surface area contributed by atoms with E-state index >= 15 is 0 Å². The van der Waals surface area contributed by atoms with E-state index in [0.29, 0.717) is 46.6 Å². The van der Waals surface area contributed by atoms with Gasteiger partial charge in [-0.25, -0.2) is 0 Å². The van der Waals surface area contributed by atoms with Gasteiger partial charge in [-0.05, 0) is 78.6 Å². The van der Waals surface area contributed by atoms with Crippen molar-refractivity contribution in [3.63, 3.8) is 0 Å². The summed E-state index contributed by atoms with van der Waals surface area (Å²) < 4.78 is 11.9. The van der Waals surface area contributed by atoms with Gasteiger partial charge in [0.15, 0.2) is 0 Å². The lowest BCUT2D eigenvalue weighted by Gasteiger charge is -2.25. The van der Waals surface area contributed by atoms with Gasteiger partial charge in [0.05, 0.1) is 30.5 Å². The van der Waals surface area contributed by atoms with E-state index in [9.17, 15) is 14.7 Å². The number of aryl methyl sites for hydroxylation is 1. The number of rotatable bonds is 9. The van der Waals surface area contributed by atoms with Crippen LogP contribution in [0.5, 0.6) is 17.2 Å². The Morgan fingerprint density at radius 3 is 2.39 bits per heavy atom. The third kappa shape index (κ3) is 6.14. The summed E-state index contributed by atoms with van der Waals surface area (Å²) in [5.74, 6) is 0.556. The second-order valence-electron chi connectivity index (χ2n) is 10.4. The van der Waals surface area contributed by atoms with E-state index < -0.39 is 17.7 Å². The number of para-hydroxylation sites is 1. The molecular formula is C34H32N2O5. The molecule has 1 aliphatic rings. The zero-order chi connectivity index (χ0) is 28.9. The monoisotopic (exact) mass is 548 g/mol. The molecule has 0 spiro atoms. The molecule has 0 bridgehead atoms. The van der Waals surface area contributed by atoms with Gasteiger partial charge in [-0.2, -0.15) is 0 Å². The van der Waals surface area contributed by atoms with Gasteiger partial charge in [0.25, 0.3) is 11.7 Å². The molecular weight excluding hydrogens is 516 g/mol. The van der Waals surface area contributed by atoms with Crippen LogP contribution in [0.25, 0.3) is 5.76 Å². The fourth-order valence-electron chi connectivity index (χ4n) is 4.80. The number of hydrogen-bond acceptors (Lipinski definition) is 6. The zero-order valence-corrected chi connectivity index (χ0v) is 23.3. The number of aliphatic hydroxyl groups is 1. The first-order valence-electron chi connectivity index (χ1n) is 13.6. The summed E-state index contributed by atoms with van der Waals surface area (Å²) in [4.78, 5) is 32.8. The Morgan fingerprint density at radius 2 is 1.68 bits per heavy atom. The first kappa shape index (κ1) is 27.6. The van der Waals surface area contributed by atoms with Crippen LogP contribution in [-0.2, 0) is 16.1 Å². The van der Waals surface area contributed by atoms with E-state index in [4.69, 9.17) is 9.47 Å². The number of likely N-dealkylation sites (tertiary alicyclic amines) is 1. The number of amides is 1. The van der Waals surface area contributed by atoms with E-state index in [1.165, 1.54) is 4.90 Å². The third-order valence-corrected chi connectivity index (χ3v) is 6.77. The number of benzene rings is 3. The van der Waals surface area contributed by atoms with E-state index in [0.717, 1.165) is 5.56 Å². The number of carbonyl (C=O) groups excluding carboxylic acids is 2. The van der Waals surface area contributed by atoms with Gasteiger partial charge < -0.3 is 19.5 Å². The molecule has 1 aromatic heterocycles. The van der Waals surface area contributed by atoms with E-state index in [-0.39, 0.29) is 17.9 Å². The van der Waals surface area contributed by atoms with Gasteiger partial charge in [0.1, 0.15) is 23.0 Å². The summed E-state index contributed by atoms with van der Waals surface area (Å²) in [6, 6.07) is 26.4. The second-order valence-corrected chi connectivity index (χ2v) is 10.4. The predicted octanol–water partition coefficient (Wildman–Crippen LogP) is 6.84. The first-order valence-corrected chi connectivity index (χ1v) is 13.6. The van der Waals surface area contributed by atoms with Crippen LogP contribution < -0.4 is 9.47 Å². The molecule has 41 heavy (non-hydrogen) atoms. The lowest BCUT2D eigenvalue weighted by Crippen LogP contribution is -2.29. The quantitative estimate of drug-likeness (QED) is 0.140. The van der Waals surface area contributed by atoms with E-state index in [1.54, 1.807) is 54.7 Å². The van der Waals surface area contributed by atoms with Crippen LogP contribution >= 0.6 is 0 Å². The molecule has 1 aliphatic heterocycles. The fraction of sp³-hybridized carbons (Fsp3) is 0.206. The Kier molecular flexibility index (Phi) is 8.15. The molecule has 0 aliphatic carbocycles. The molecule has 1 N–H and O–H groups in total.